The average Bonchev–Trinajstić information content (AvgIpc) is 2.62. The average molecular weight is 285 g/mol. The number of rotatable bonds is 5. The van der Waals surface area contributed by atoms with Gasteiger partial charge in [-0.1, -0.05) is 25.4 Å². The Kier molecular flexibility index (Phi) is 6.22. The normalized spacial score (nSPS) is 12.1. The molecule has 0 aliphatic heterocycles. The highest BCUT2D eigenvalue weighted by Gasteiger charge is 2.09. The SMILES string of the molecule is CCNC(=NCC(C)C)N(C)Cc1cc(Cl)cn1C. The fraction of sp³-hybridized carbons (Fsp3) is 0.643. The van der Waals surface area contributed by atoms with E-state index in [1.54, 1.807) is 0 Å². The molecule has 1 aromatic rings. The van der Waals surface area contributed by atoms with Crippen LogP contribution in [0.25, 0.3) is 0 Å². The monoisotopic (exact) mass is 284 g/mol. The first kappa shape index (κ1) is 15.9. The zero-order chi connectivity index (χ0) is 14.4. The van der Waals surface area contributed by atoms with Gasteiger partial charge in [-0.3, -0.25) is 4.99 Å². The highest BCUT2D eigenvalue weighted by molar-refractivity contribution is 6.30. The molecule has 1 aromatic heterocycles. The van der Waals surface area contributed by atoms with Gasteiger partial charge in [-0.25, -0.2) is 0 Å². The summed E-state index contributed by atoms with van der Waals surface area (Å²) in [5, 5.41) is 4.09. The summed E-state index contributed by atoms with van der Waals surface area (Å²) in [5.41, 5.74) is 1.17. The Hall–Kier alpha value is -1.16. The molecular formula is C14H25ClN4. The van der Waals surface area contributed by atoms with E-state index in [1.807, 2.05) is 30.9 Å². The van der Waals surface area contributed by atoms with Crippen molar-refractivity contribution in [3.63, 3.8) is 0 Å². The molecule has 1 N–H and O–H groups in total. The van der Waals surface area contributed by atoms with Crippen molar-refractivity contribution < 1.29 is 0 Å². The standard InChI is InChI=1S/C14H25ClN4/c1-6-16-14(17-8-11(2)3)19(5)10-13-7-12(15)9-18(13)4/h7,9,11H,6,8,10H2,1-5H3,(H,16,17). The van der Waals surface area contributed by atoms with Gasteiger partial charge in [-0.15, -0.1) is 0 Å². The van der Waals surface area contributed by atoms with Gasteiger partial charge in [0.2, 0.25) is 0 Å². The van der Waals surface area contributed by atoms with Crippen molar-refractivity contribution in [2.75, 3.05) is 20.1 Å². The van der Waals surface area contributed by atoms with E-state index in [4.69, 9.17) is 11.6 Å². The quantitative estimate of drug-likeness (QED) is 0.666. The van der Waals surface area contributed by atoms with Crippen LogP contribution in [0.2, 0.25) is 5.02 Å². The summed E-state index contributed by atoms with van der Waals surface area (Å²) >= 11 is 6.01. The van der Waals surface area contributed by atoms with Crippen molar-refractivity contribution in [1.82, 2.24) is 14.8 Å². The van der Waals surface area contributed by atoms with Crippen molar-refractivity contribution in [2.45, 2.75) is 27.3 Å². The van der Waals surface area contributed by atoms with Crippen LogP contribution in [0, 0.1) is 5.92 Å². The Balaban J connectivity index is 2.74. The van der Waals surface area contributed by atoms with Crippen LogP contribution in [0.4, 0.5) is 0 Å². The number of guanidine groups is 1. The van der Waals surface area contributed by atoms with Crippen LogP contribution in [0.15, 0.2) is 17.3 Å². The molecule has 0 aliphatic carbocycles. The van der Waals surface area contributed by atoms with Gasteiger partial charge in [0, 0.05) is 39.1 Å². The summed E-state index contributed by atoms with van der Waals surface area (Å²) in [4.78, 5) is 6.76. The van der Waals surface area contributed by atoms with E-state index in [1.165, 1.54) is 5.69 Å². The number of nitrogens with zero attached hydrogens (tertiary/aromatic N) is 3. The largest absolute Gasteiger partial charge is 0.357 e. The lowest BCUT2D eigenvalue weighted by Gasteiger charge is -2.22. The number of hydrogen-bond acceptors (Lipinski definition) is 1. The first-order chi connectivity index (χ1) is 8.93. The molecular weight excluding hydrogens is 260 g/mol. The summed E-state index contributed by atoms with van der Waals surface area (Å²) in [5.74, 6) is 1.50. The second-order valence-electron chi connectivity index (χ2n) is 5.21. The minimum atomic E-state index is 0.562. The Morgan fingerprint density at radius 3 is 2.68 bits per heavy atom. The highest BCUT2D eigenvalue weighted by atomic mass is 35.5. The lowest BCUT2D eigenvalue weighted by molar-refractivity contribution is 0.459. The van der Waals surface area contributed by atoms with E-state index >= 15 is 0 Å². The summed E-state index contributed by atoms with van der Waals surface area (Å²) in [6.07, 6.45) is 1.92. The molecule has 4 nitrogen and oxygen atoms in total. The molecule has 0 aliphatic rings. The van der Waals surface area contributed by atoms with Crippen LogP contribution in [-0.4, -0.2) is 35.6 Å². The molecule has 0 saturated heterocycles. The number of halogens is 1. The minimum absolute atomic E-state index is 0.562. The predicted molar refractivity (Wildman–Crippen MR) is 82.7 cm³/mol. The van der Waals surface area contributed by atoms with Crippen molar-refractivity contribution in [3.05, 3.63) is 23.0 Å². The highest BCUT2D eigenvalue weighted by Crippen LogP contribution is 2.14. The number of hydrogen-bond donors (Lipinski definition) is 1. The Labute approximate surface area is 121 Å². The van der Waals surface area contributed by atoms with Gasteiger partial charge >= 0.3 is 0 Å². The Morgan fingerprint density at radius 1 is 1.53 bits per heavy atom. The fourth-order valence-electron chi connectivity index (χ4n) is 1.78. The molecule has 0 spiro atoms. The third-order valence-corrected chi connectivity index (χ3v) is 2.98. The lowest BCUT2D eigenvalue weighted by atomic mass is 10.2. The van der Waals surface area contributed by atoms with Crippen molar-refractivity contribution in [3.8, 4) is 0 Å². The zero-order valence-corrected chi connectivity index (χ0v) is 13.3. The Bertz CT molecular complexity index is 423. The molecule has 0 amide bonds. The van der Waals surface area contributed by atoms with E-state index in [2.05, 4.69) is 36.0 Å². The van der Waals surface area contributed by atoms with Crippen LogP contribution in [0.5, 0.6) is 0 Å². The molecule has 0 radical (unpaired) electrons. The molecule has 0 saturated carbocycles. The summed E-state index contributed by atoms with van der Waals surface area (Å²) in [7, 11) is 4.05. The molecule has 1 rings (SSSR count). The van der Waals surface area contributed by atoms with E-state index in [9.17, 15) is 0 Å². The second-order valence-corrected chi connectivity index (χ2v) is 5.64. The van der Waals surface area contributed by atoms with E-state index in [0.717, 1.165) is 30.6 Å². The lowest BCUT2D eigenvalue weighted by Crippen LogP contribution is -2.39. The van der Waals surface area contributed by atoms with Gasteiger partial charge in [-0.05, 0) is 18.9 Å². The summed E-state index contributed by atoms with van der Waals surface area (Å²) in [6, 6.07) is 1.99. The number of nitrogens with one attached hydrogen (secondary N) is 1. The van der Waals surface area contributed by atoms with E-state index < -0.39 is 0 Å². The molecule has 5 heteroatoms. The molecule has 0 unspecified atom stereocenters. The summed E-state index contributed by atoms with van der Waals surface area (Å²) in [6.45, 7) is 8.91. The van der Waals surface area contributed by atoms with Crippen molar-refractivity contribution in [1.29, 1.82) is 0 Å². The van der Waals surface area contributed by atoms with Gasteiger partial charge in [-0.2, -0.15) is 0 Å². The van der Waals surface area contributed by atoms with Crippen LogP contribution >= 0.6 is 11.6 Å². The molecule has 108 valence electrons. The van der Waals surface area contributed by atoms with Crippen LogP contribution < -0.4 is 5.32 Å². The minimum Gasteiger partial charge on any atom is -0.357 e. The fourth-order valence-corrected chi connectivity index (χ4v) is 2.05. The molecule has 1 heterocycles. The van der Waals surface area contributed by atoms with Crippen LogP contribution in [-0.2, 0) is 13.6 Å². The van der Waals surface area contributed by atoms with Gasteiger partial charge in [0.25, 0.3) is 0 Å². The number of aliphatic imine (C=N–C) groups is 1. The van der Waals surface area contributed by atoms with Gasteiger partial charge in [0.15, 0.2) is 5.96 Å². The predicted octanol–water partition coefficient (Wildman–Crippen LogP) is 2.73. The maximum Gasteiger partial charge on any atom is 0.194 e. The molecule has 0 bridgehead atoms. The van der Waals surface area contributed by atoms with E-state index in [0.29, 0.717) is 5.92 Å². The van der Waals surface area contributed by atoms with Gasteiger partial charge in [0.1, 0.15) is 0 Å². The molecule has 19 heavy (non-hydrogen) atoms. The third kappa shape index (κ3) is 5.15. The smallest absolute Gasteiger partial charge is 0.194 e. The first-order valence-corrected chi connectivity index (χ1v) is 7.12. The van der Waals surface area contributed by atoms with Gasteiger partial charge < -0.3 is 14.8 Å². The third-order valence-electron chi connectivity index (χ3n) is 2.78. The van der Waals surface area contributed by atoms with Crippen molar-refractivity contribution >= 4 is 17.6 Å². The molecule has 0 aromatic carbocycles. The molecule has 0 atom stereocenters. The topological polar surface area (TPSA) is 32.6 Å². The van der Waals surface area contributed by atoms with Gasteiger partial charge in [0.05, 0.1) is 11.6 Å². The van der Waals surface area contributed by atoms with Crippen LogP contribution in [0.1, 0.15) is 26.5 Å². The second kappa shape index (κ2) is 7.43. The van der Waals surface area contributed by atoms with Crippen molar-refractivity contribution in [2.24, 2.45) is 18.0 Å². The Morgan fingerprint density at radius 2 is 2.21 bits per heavy atom. The zero-order valence-electron chi connectivity index (χ0n) is 12.6. The van der Waals surface area contributed by atoms with Crippen LogP contribution in [0.3, 0.4) is 0 Å². The molecule has 0 fully saturated rings. The summed E-state index contributed by atoms with van der Waals surface area (Å²) < 4.78 is 2.05. The maximum absolute atomic E-state index is 6.01. The number of aryl methyl sites for hydroxylation is 1. The first-order valence-electron chi connectivity index (χ1n) is 6.74. The maximum atomic E-state index is 6.01. The van der Waals surface area contributed by atoms with E-state index in [-0.39, 0.29) is 0 Å². The number of aromatic nitrogens is 1.